The Bertz CT molecular complexity index is 621. The number of rotatable bonds is 12. The van der Waals surface area contributed by atoms with Gasteiger partial charge in [0.05, 0.1) is 22.1 Å². The minimum Gasteiger partial charge on any atom is -0.347 e. The second kappa shape index (κ2) is 11.5. The van der Waals surface area contributed by atoms with Gasteiger partial charge in [-0.2, -0.15) is 0 Å². The second-order valence-corrected chi connectivity index (χ2v) is 10.5. The summed E-state index contributed by atoms with van der Waals surface area (Å²) < 4.78 is 13.5. The van der Waals surface area contributed by atoms with E-state index < -0.39 is 0 Å². The minimum atomic E-state index is -0.140. The summed E-state index contributed by atoms with van der Waals surface area (Å²) in [5, 5.41) is 1.39. The maximum Gasteiger partial charge on any atom is 0.193 e. The molecule has 0 atom stereocenters. The van der Waals surface area contributed by atoms with Crippen molar-refractivity contribution in [3.05, 3.63) is 21.9 Å². The summed E-state index contributed by atoms with van der Waals surface area (Å²) in [4.78, 5) is 2.79. The fraction of sp³-hybridized carbons (Fsp3) is 0.739. The Balaban J connectivity index is 1.42. The summed E-state index contributed by atoms with van der Waals surface area (Å²) in [6.45, 7) is 6.24. The first kappa shape index (κ1) is 21.3. The molecule has 0 saturated carbocycles. The van der Waals surface area contributed by atoms with Crippen molar-refractivity contribution in [3.8, 4) is 0 Å². The second-order valence-electron chi connectivity index (χ2n) is 7.98. The van der Waals surface area contributed by atoms with Gasteiger partial charge in [0, 0.05) is 16.2 Å². The number of hydrogen-bond acceptors (Lipinski definition) is 4. The van der Waals surface area contributed by atoms with E-state index in [1.165, 1.54) is 84.9 Å². The Morgan fingerprint density at radius 1 is 0.852 bits per heavy atom. The normalized spacial score (nSPS) is 20.5. The van der Waals surface area contributed by atoms with Crippen LogP contribution in [-0.2, 0) is 15.9 Å². The molecule has 0 bridgehead atoms. The lowest BCUT2D eigenvalue weighted by Gasteiger charge is -2.28. The predicted molar refractivity (Wildman–Crippen MR) is 119 cm³/mol. The molecule has 1 aliphatic heterocycles. The third-order valence-electron chi connectivity index (χ3n) is 5.48. The number of aryl methyl sites for hydroxylation is 1. The largest absolute Gasteiger partial charge is 0.347 e. The SMILES string of the molecule is CCCCCCCCc1cc2cc(C3OCC(CCCCC)CO3)sc2s1. The van der Waals surface area contributed by atoms with Crippen LogP contribution in [0.5, 0.6) is 0 Å². The number of fused-ring (bicyclic) bond motifs is 1. The van der Waals surface area contributed by atoms with E-state index in [0.717, 1.165) is 13.2 Å². The highest BCUT2D eigenvalue weighted by Gasteiger charge is 2.25. The van der Waals surface area contributed by atoms with Gasteiger partial charge in [-0.25, -0.2) is 0 Å². The standard InChI is InChI=1S/C23H36O2S2/c1-3-5-7-8-9-11-13-20-14-19-15-21(27-23(19)26-20)22-24-16-18(17-25-22)12-10-6-4-2/h14-15,18,22H,3-13,16-17H2,1-2H3. The van der Waals surface area contributed by atoms with Crippen molar-refractivity contribution in [3.63, 3.8) is 0 Å². The number of thiophene rings is 2. The van der Waals surface area contributed by atoms with Crippen molar-refractivity contribution in [2.75, 3.05) is 13.2 Å². The van der Waals surface area contributed by atoms with Crippen LogP contribution in [0.3, 0.4) is 0 Å². The smallest absolute Gasteiger partial charge is 0.193 e. The van der Waals surface area contributed by atoms with Crippen LogP contribution in [0.25, 0.3) is 9.40 Å². The fourth-order valence-corrected chi connectivity index (χ4v) is 6.34. The highest BCUT2D eigenvalue weighted by atomic mass is 32.2. The zero-order valence-corrected chi connectivity index (χ0v) is 18.8. The minimum absolute atomic E-state index is 0.140. The Kier molecular flexibility index (Phi) is 9.11. The average molecular weight is 409 g/mol. The maximum atomic E-state index is 6.04. The van der Waals surface area contributed by atoms with E-state index >= 15 is 0 Å². The first-order valence-corrected chi connectivity index (χ1v) is 12.7. The van der Waals surface area contributed by atoms with Crippen LogP contribution < -0.4 is 0 Å². The molecular formula is C23H36O2S2. The molecule has 152 valence electrons. The van der Waals surface area contributed by atoms with Crippen molar-refractivity contribution >= 4 is 32.1 Å². The summed E-state index contributed by atoms with van der Waals surface area (Å²) in [6, 6.07) is 4.69. The molecule has 2 aromatic rings. The number of hydrogen-bond donors (Lipinski definition) is 0. The van der Waals surface area contributed by atoms with Crippen molar-refractivity contribution in [1.82, 2.24) is 0 Å². The monoisotopic (exact) mass is 408 g/mol. The van der Waals surface area contributed by atoms with E-state index in [0.29, 0.717) is 5.92 Å². The molecule has 2 aromatic heterocycles. The Morgan fingerprint density at radius 3 is 2.30 bits per heavy atom. The van der Waals surface area contributed by atoms with Crippen molar-refractivity contribution < 1.29 is 9.47 Å². The van der Waals surface area contributed by atoms with E-state index in [2.05, 4.69) is 26.0 Å². The lowest BCUT2D eigenvalue weighted by Crippen LogP contribution is -2.26. The molecule has 1 aliphatic rings. The lowest BCUT2D eigenvalue weighted by molar-refractivity contribution is -0.204. The number of ether oxygens (including phenoxy) is 2. The molecule has 1 fully saturated rings. The van der Waals surface area contributed by atoms with Crippen molar-refractivity contribution in [1.29, 1.82) is 0 Å². The first-order chi connectivity index (χ1) is 13.3. The van der Waals surface area contributed by atoms with Gasteiger partial charge in [0.15, 0.2) is 6.29 Å². The summed E-state index contributed by atoms with van der Waals surface area (Å²) in [5.41, 5.74) is 0. The Morgan fingerprint density at radius 2 is 1.56 bits per heavy atom. The third-order valence-corrected chi connectivity index (χ3v) is 7.95. The van der Waals surface area contributed by atoms with Crippen LogP contribution in [0.15, 0.2) is 12.1 Å². The van der Waals surface area contributed by atoms with Crippen molar-refractivity contribution in [2.45, 2.75) is 90.8 Å². The maximum absolute atomic E-state index is 6.04. The van der Waals surface area contributed by atoms with Crippen LogP contribution >= 0.6 is 22.7 Å². The van der Waals surface area contributed by atoms with Crippen LogP contribution in [0, 0.1) is 5.92 Å². The van der Waals surface area contributed by atoms with Gasteiger partial charge >= 0.3 is 0 Å². The van der Waals surface area contributed by atoms with Crippen LogP contribution in [0.4, 0.5) is 0 Å². The van der Waals surface area contributed by atoms with Gasteiger partial charge in [-0.1, -0.05) is 65.2 Å². The molecule has 0 unspecified atom stereocenters. The van der Waals surface area contributed by atoms with Crippen LogP contribution in [-0.4, -0.2) is 13.2 Å². The Labute approximate surface area is 173 Å². The van der Waals surface area contributed by atoms with E-state index in [1.54, 1.807) is 4.88 Å². The average Bonchev–Trinajstić information content (AvgIpc) is 3.24. The Hall–Kier alpha value is -0.420. The van der Waals surface area contributed by atoms with Gasteiger partial charge < -0.3 is 9.47 Å². The fourth-order valence-electron chi connectivity index (χ4n) is 3.79. The predicted octanol–water partition coefficient (Wildman–Crippen LogP) is 8.11. The van der Waals surface area contributed by atoms with E-state index in [1.807, 2.05) is 22.7 Å². The molecule has 0 radical (unpaired) electrons. The summed E-state index contributed by atoms with van der Waals surface area (Å²) in [6.07, 6.45) is 14.5. The summed E-state index contributed by atoms with van der Waals surface area (Å²) >= 11 is 3.84. The van der Waals surface area contributed by atoms with Gasteiger partial charge in [0.2, 0.25) is 0 Å². The molecule has 3 rings (SSSR count). The molecule has 0 aromatic carbocycles. The molecule has 2 nitrogen and oxygen atoms in total. The highest BCUT2D eigenvalue weighted by molar-refractivity contribution is 7.38. The topological polar surface area (TPSA) is 18.5 Å². The number of unbranched alkanes of at least 4 members (excludes halogenated alkanes) is 7. The van der Waals surface area contributed by atoms with E-state index in [4.69, 9.17) is 9.47 Å². The van der Waals surface area contributed by atoms with Crippen LogP contribution in [0.1, 0.15) is 94.1 Å². The molecular weight excluding hydrogens is 372 g/mol. The molecule has 0 N–H and O–H groups in total. The van der Waals surface area contributed by atoms with Gasteiger partial charge in [-0.05, 0) is 31.4 Å². The molecule has 3 heterocycles. The van der Waals surface area contributed by atoms with Crippen molar-refractivity contribution in [2.24, 2.45) is 5.92 Å². The quantitative estimate of drug-likeness (QED) is 0.330. The van der Waals surface area contributed by atoms with Gasteiger partial charge in [-0.15, -0.1) is 22.7 Å². The molecule has 1 saturated heterocycles. The third kappa shape index (κ3) is 6.56. The molecule has 0 amide bonds. The van der Waals surface area contributed by atoms with Gasteiger partial charge in [0.25, 0.3) is 0 Å². The molecule has 27 heavy (non-hydrogen) atoms. The first-order valence-electron chi connectivity index (χ1n) is 11.1. The van der Waals surface area contributed by atoms with Gasteiger partial charge in [-0.3, -0.25) is 0 Å². The van der Waals surface area contributed by atoms with E-state index in [9.17, 15) is 0 Å². The zero-order chi connectivity index (χ0) is 18.9. The summed E-state index contributed by atoms with van der Waals surface area (Å²) in [5.74, 6) is 0.581. The summed E-state index contributed by atoms with van der Waals surface area (Å²) in [7, 11) is 0. The zero-order valence-electron chi connectivity index (χ0n) is 17.1. The van der Waals surface area contributed by atoms with Gasteiger partial charge in [0.1, 0.15) is 0 Å². The molecule has 0 spiro atoms. The van der Waals surface area contributed by atoms with Crippen LogP contribution in [0.2, 0.25) is 0 Å². The molecule has 0 aliphatic carbocycles. The molecule has 4 heteroatoms. The highest BCUT2D eigenvalue weighted by Crippen LogP contribution is 2.39. The lowest BCUT2D eigenvalue weighted by atomic mass is 10.0. The van der Waals surface area contributed by atoms with E-state index in [-0.39, 0.29) is 6.29 Å².